The van der Waals surface area contributed by atoms with Crippen molar-refractivity contribution in [1.82, 2.24) is 10.2 Å². The zero-order chi connectivity index (χ0) is 15.4. The average Bonchev–Trinajstić information content (AvgIpc) is 3.06. The van der Waals surface area contributed by atoms with Gasteiger partial charge in [-0.1, -0.05) is 18.2 Å². The first-order valence-corrected chi connectivity index (χ1v) is 9.37. The largest absolute Gasteiger partial charge is 0.336 e. The van der Waals surface area contributed by atoms with Crippen LogP contribution in [0.3, 0.4) is 0 Å². The first-order valence-electron chi connectivity index (χ1n) is 7.51. The average molecular weight is 332 g/mol. The maximum Gasteiger partial charge on any atom is 0.255 e. The molecular weight excluding hydrogens is 312 g/mol. The van der Waals surface area contributed by atoms with Gasteiger partial charge in [0.05, 0.1) is 5.56 Å². The Bertz CT molecular complexity index is 627. The molecule has 1 fully saturated rings. The van der Waals surface area contributed by atoms with E-state index in [-0.39, 0.29) is 5.91 Å². The first-order chi connectivity index (χ1) is 10.7. The normalized spacial score (nSPS) is 18.4. The molecule has 5 heteroatoms. The molecule has 1 aliphatic heterocycles. The molecule has 0 bridgehead atoms. The highest BCUT2D eigenvalue weighted by molar-refractivity contribution is 7.98. The van der Waals surface area contributed by atoms with Crippen LogP contribution < -0.4 is 5.32 Å². The molecule has 2 heterocycles. The van der Waals surface area contributed by atoms with Crippen molar-refractivity contribution >= 4 is 29.0 Å². The van der Waals surface area contributed by atoms with Crippen LogP contribution in [-0.2, 0) is 5.75 Å². The number of benzene rings is 1. The molecule has 3 nitrogen and oxygen atoms in total. The number of rotatable bonds is 4. The third-order valence-electron chi connectivity index (χ3n) is 3.72. The predicted molar refractivity (Wildman–Crippen MR) is 93.7 cm³/mol. The summed E-state index contributed by atoms with van der Waals surface area (Å²) in [6.07, 6.45) is 0. The Morgan fingerprint density at radius 1 is 1.36 bits per heavy atom. The van der Waals surface area contributed by atoms with E-state index in [1.165, 1.54) is 4.88 Å². The lowest BCUT2D eigenvalue weighted by Gasteiger charge is -2.32. The molecule has 2 aromatic rings. The minimum absolute atomic E-state index is 0.155. The predicted octanol–water partition coefficient (Wildman–Crippen LogP) is 3.47. The summed E-state index contributed by atoms with van der Waals surface area (Å²) in [5.74, 6) is 1.07. The lowest BCUT2D eigenvalue weighted by Crippen LogP contribution is -2.51. The SMILES string of the molecule is CC1CN(C(=O)c2ccccc2SCc2cccs2)CCN1. The van der Waals surface area contributed by atoms with Crippen LogP contribution in [0.2, 0.25) is 0 Å². The van der Waals surface area contributed by atoms with Gasteiger partial charge >= 0.3 is 0 Å². The van der Waals surface area contributed by atoms with Crippen LogP contribution in [0.4, 0.5) is 0 Å². The van der Waals surface area contributed by atoms with Crippen LogP contribution >= 0.6 is 23.1 Å². The second kappa shape index (κ2) is 7.31. The molecule has 1 aromatic carbocycles. The van der Waals surface area contributed by atoms with Crippen molar-refractivity contribution < 1.29 is 4.79 Å². The number of hydrogen-bond donors (Lipinski definition) is 1. The third-order valence-corrected chi connectivity index (χ3v) is 5.90. The number of carbonyl (C=O) groups excluding carboxylic acids is 1. The molecule has 22 heavy (non-hydrogen) atoms. The minimum Gasteiger partial charge on any atom is -0.336 e. The number of nitrogens with zero attached hydrogens (tertiary/aromatic N) is 1. The smallest absolute Gasteiger partial charge is 0.255 e. The molecule has 1 N–H and O–H groups in total. The van der Waals surface area contributed by atoms with E-state index >= 15 is 0 Å². The van der Waals surface area contributed by atoms with Gasteiger partial charge in [0.15, 0.2) is 0 Å². The Morgan fingerprint density at radius 2 is 2.23 bits per heavy atom. The van der Waals surface area contributed by atoms with E-state index in [0.717, 1.165) is 35.8 Å². The van der Waals surface area contributed by atoms with Gasteiger partial charge in [0.25, 0.3) is 5.91 Å². The van der Waals surface area contributed by atoms with E-state index < -0.39 is 0 Å². The van der Waals surface area contributed by atoms with E-state index in [2.05, 4.69) is 35.8 Å². The Kier molecular flexibility index (Phi) is 5.18. The Balaban J connectivity index is 1.73. The summed E-state index contributed by atoms with van der Waals surface area (Å²) < 4.78 is 0. The molecule has 1 aromatic heterocycles. The second-order valence-corrected chi connectivity index (χ2v) is 7.52. The number of piperazine rings is 1. The lowest BCUT2D eigenvalue weighted by atomic mass is 10.1. The van der Waals surface area contributed by atoms with Crippen molar-refractivity contribution in [3.63, 3.8) is 0 Å². The van der Waals surface area contributed by atoms with Gasteiger partial charge in [0.2, 0.25) is 0 Å². The second-order valence-electron chi connectivity index (χ2n) is 5.47. The molecule has 3 rings (SSSR count). The summed E-state index contributed by atoms with van der Waals surface area (Å²) in [5.41, 5.74) is 0.832. The van der Waals surface area contributed by atoms with Gasteiger partial charge in [-0.2, -0.15) is 0 Å². The molecule has 0 saturated carbocycles. The molecule has 1 aliphatic rings. The summed E-state index contributed by atoms with van der Waals surface area (Å²) >= 11 is 3.51. The van der Waals surface area contributed by atoms with Crippen molar-refractivity contribution in [1.29, 1.82) is 0 Å². The fourth-order valence-electron chi connectivity index (χ4n) is 2.60. The van der Waals surface area contributed by atoms with Gasteiger partial charge in [-0.15, -0.1) is 23.1 Å². The van der Waals surface area contributed by atoms with E-state index in [0.29, 0.717) is 6.04 Å². The van der Waals surface area contributed by atoms with Crippen LogP contribution in [0.25, 0.3) is 0 Å². The Morgan fingerprint density at radius 3 is 3.00 bits per heavy atom. The van der Waals surface area contributed by atoms with Crippen molar-refractivity contribution in [3.05, 3.63) is 52.2 Å². The quantitative estimate of drug-likeness (QED) is 0.870. The first kappa shape index (κ1) is 15.6. The highest BCUT2D eigenvalue weighted by Gasteiger charge is 2.23. The molecule has 1 amide bonds. The van der Waals surface area contributed by atoms with Crippen molar-refractivity contribution in [3.8, 4) is 0 Å². The highest BCUT2D eigenvalue weighted by atomic mass is 32.2. The molecule has 1 unspecified atom stereocenters. The molecule has 0 aliphatic carbocycles. The van der Waals surface area contributed by atoms with E-state index in [1.54, 1.807) is 23.1 Å². The fraction of sp³-hybridized carbons (Fsp3) is 0.353. The fourth-order valence-corrected chi connectivity index (χ4v) is 4.42. The third kappa shape index (κ3) is 3.72. The lowest BCUT2D eigenvalue weighted by molar-refractivity contribution is 0.0705. The molecule has 1 atom stereocenters. The van der Waals surface area contributed by atoms with Gasteiger partial charge in [0, 0.05) is 41.2 Å². The van der Waals surface area contributed by atoms with Crippen LogP contribution in [0.15, 0.2) is 46.7 Å². The minimum atomic E-state index is 0.155. The van der Waals surface area contributed by atoms with E-state index in [4.69, 9.17) is 0 Å². The summed E-state index contributed by atoms with van der Waals surface area (Å²) in [6, 6.07) is 12.5. The van der Waals surface area contributed by atoms with Crippen LogP contribution in [0.1, 0.15) is 22.2 Å². The maximum absolute atomic E-state index is 12.8. The highest BCUT2D eigenvalue weighted by Crippen LogP contribution is 2.28. The van der Waals surface area contributed by atoms with Gasteiger partial charge in [0.1, 0.15) is 0 Å². The topological polar surface area (TPSA) is 32.3 Å². The number of thioether (sulfide) groups is 1. The van der Waals surface area contributed by atoms with Crippen molar-refractivity contribution in [2.24, 2.45) is 0 Å². The van der Waals surface area contributed by atoms with Crippen LogP contribution in [0.5, 0.6) is 0 Å². The number of hydrogen-bond acceptors (Lipinski definition) is 4. The summed E-state index contributed by atoms with van der Waals surface area (Å²) in [4.78, 5) is 17.2. The van der Waals surface area contributed by atoms with Crippen molar-refractivity contribution in [2.75, 3.05) is 19.6 Å². The standard InChI is InChI=1S/C17H20N2OS2/c1-13-11-19(9-8-18-13)17(20)15-6-2-3-7-16(15)22-12-14-5-4-10-21-14/h2-7,10,13,18H,8-9,11-12H2,1H3. The number of thiophene rings is 1. The van der Waals surface area contributed by atoms with Crippen LogP contribution in [-0.4, -0.2) is 36.5 Å². The maximum atomic E-state index is 12.8. The molecule has 1 saturated heterocycles. The van der Waals surface area contributed by atoms with E-state index in [9.17, 15) is 4.79 Å². The molecule has 0 spiro atoms. The zero-order valence-electron chi connectivity index (χ0n) is 12.6. The number of amides is 1. The number of carbonyl (C=O) groups is 1. The van der Waals surface area contributed by atoms with Gasteiger partial charge < -0.3 is 10.2 Å². The summed E-state index contributed by atoms with van der Waals surface area (Å²) in [7, 11) is 0. The summed E-state index contributed by atoms with van der Waals surface area (Å²) in [6.45, 7) is 4.56. The zero-order valence-corrected chi connectivity index (χ0v) is 14.3. The Labute approximate surface area is 139 Å². The summed E-state index contributed by atoms with van der Waals surface area (Å²) in [5, 5.41) is 5.47. The number of nitrogens with one attached hydrogen (secondary N) is 1. The van der Waals surface area contributed by atoms with Crippen molar-refractivity contribution in [2.45, 2.75) is 23.6 Å². The van der Waals surface area contributed by atoms with E-state index in [1.807, 2.05) is 23.1 Å². The monoisotopic (exact) mass is 332 g/mol. The van der Waals surface area contributed by atoms with Gasteiger partial charge in [-0.25, -0.2) is 0 Å². The molecular formula is C17H20N2OS2. The Hall–Kier alpha value is -1.30. The van der Waals surface area contributed by atoms with Crippen LogP contribution in [0, 0.1) is 0 Å². The van der Waals surface area contributed by atoms with Gasteiger partial charge in [-0.05, 0) is 30.5 Å². The van der Waals surface area contributed by atoms with Gasteiger partial charge in [-0.3, -0.25) is 4.79 Å². The molecule has 116 valence electrons. The molecule has 0 radical (unpaired) electrons.